The number of hydrogen-bond acceptors (Lipinski definition) is 3. The highest BCUT2D eigenvalue weighted by atomic mass is 32.2. The third-order valence-electron chi connectivity index (χ3n) is 1.75. The Morgan fingerprint density at radius 2 is 1.94 bits per heavy atom. The molecule has 1 aromatic carbocycles. The van der Waals surface area contributed by atoms with Crippen LogP contribution in [0.15, 0.2) is 21.4 Å². The Balaban J connectivity index is 3.51. The molecule has 0 heterocycles. The van der Waals surface area contributed by atoms with Crippen LogP contribution >= 0.6 is 0 Å². The summed E-state index contributed by atoms with van der Waals surface area (Å²) < 4.78 is 39.6. The Morgan fingerprint density at radius 1 is 1.38 bits per heavy atom. The van der Waals surface area contributed by atoms with Gasteiger partial charge in [0.05, 0.1) is 0 Å². The van der Waals surface area contributed by atoms with E-state index in [9.17, 15) is 12.8 Å². The predicted octanol–water partition coefficient (Wildman–Crippen LogP) is -0.322. The number of nitrogen functional groups attached to an aromatic ring is 1. The minimum atomic E-state index is -4.25. The third kappa shape index (κ3) is 2.40. The zero-order valence-corrected chi connectivity index (χ0v) is 9.25. The van der Waals surface area contributed by atoms with Crippen LogP contribution in [0.3, 0.4) is 0 Å². The molecule has 0 aromatic heterocycles. The molecule has 0 aliphatic heterocycles. The highest BCUT2D eigenvalue weighted by Crippen LogP contribution is 2.22. The number of anilines is 1. The number of sulfonamides is 1. The van der Waals surface area contributed by atoms with Crippen LogP contribution in [0.2, 0.25) is 0 Å². The lowest BCUT2D eigenvalue weighted by Crippen LogP contribution is -2.24. The number of guanidine groups is 1. The summed E-state index contributed by atoms with van der Waals surface area (Å²) in [5.74, 6) is -1.58. The second-order valence-corrected chi connectivity index (χ2v) is 4.71. The Bertz CT molecular complexity index is 549. The van der Waals surface area contributed by atoms with Crippen LogP contribution in [0, 0.1) is 12.7 Å². The van der Waals surface area contributed by atoms with E-state index in [1.54, 1.807) is 0 Å². The molecule has 0 atom stereocenters. The second-order valence-electron chi connectivity index (χ2n) is 3.14. The van der Waals surface area contributed by atoms with E-state index >= 15 is 0 Å². The van der Waals surface area contributed by atoms with Crippen LogP contribution in [0.1, 0.15) is 5.56 Å². The summed E-state index contributed by atoms with van der Waals surface area (Å²) in [6, 6.07) is 2.27. The van der Waals surface area contributed by atoms with Gasteiger partial charge >= 0.3 is 0 Å². The molecule has 6 nitrogen and oxygen atoms in total. The summed E-state index contributed by atoms with van der Waals surface area (Å²) in [4.78, 5) is -0.640. The highest BCUT2D eigenvalue weighted by Gasteiger charge is 2.20. The first-order valence-corrected chi connectivity index (χ1v) is 5.59. The summed E-state index contributed by atoms with van der Waals surface area (Å²) in [7, 11) is -4.25. The smallest absolute Gasteiger partial charge is 0.288 e. The first-order valence-electron chi connectivity index (χ1n) is 4.15. The van der Waals surface area contributed by atoms with Crippen molar-refractivity contribution in [3.8, 4) is 0 Å². The van der Waals surface area contributed by atoms with Crippen molar-refractivity contribution in [1.29, 1.82) is 0 Å². The number of rotatable bonds is 2. The summed E-state index contributed by atoms with van der Waals surface area (Å²) in [5, 5.41) is 0. The average molecular weight is 246 g/mol. The first kappa shape index (κ1) is 12.2. The number of nitrogens with two attached hydrogens (primary N) is 3. The molecule has 0 saturated heterocycles. The number of nitrogens with zero attached hydrogens (tertiary/aromatic N) is 1. The Labute approximate surface area is 92.0 Å². The van der Waals surface area contributed by atoms with Crippen LogP contribution in [0.5, 0.6) is 0 Å². The molecule has 0 saturated carbocycles. The molecule has 1 rings (SSSR count). The monoisotopic (exact) mass is 246 g/mol. The van der Waals surface area contributed by atoms with E-state index < -0.39 is 26.7 Å². The first-order chi connectivity index (χ1) is 7.24. The van der Waals surface area contributed by atoms with Gasteiger partial charge in [-0.15, -0.1) is 4.40 Å². The Morgan fingerprint density at radius 3 is 2.44 bits per heavy atom. The van der Waals surface area contributed by atoms with E-state index in [0.29, 0.717) is 0 Å². The van der Waals surface area contributed by atoms with Gasteiger partial charge in [-0.1, -0.05) is 0 Å². The number of halogens is 1. The topological polar surface area (TPSA) is 125 Å². The molecule has 0 fully saturated rings. The molecular weight excluding hydrogens is 235 g/mol. The Hall–Kier alpha value is -1.83. The van der Waals surface area contributed by atoms with E-state index in [0.717, 1.165) is 6.07 Å². The molecule has 0 amide bonds. The third-order valence-corrected chi connectivity index (χ3v) is 3.05. The fraction of sp³-hybridized carbons (Fsp3) is 0.125. The standard InChI is InChI=1S/C8H11FN4O2S/c1-4-2-5(10)3-6(7(4)9)16(14,15)13-8(11)12/h2-3H,10H2,1H3,(H4,11,12,13). The van der Waals surface area contributed by atoms with Crippen LogP contribution in [-0.2, 0) is 10.0 Å². The van der Waals surface area contributed by atoms with Crippen molar-refractivity contribution >= 4 is 21.7 Å². The van der Waals surface area contributed by atoms with E-state index in [2.05, 4.69) is 4.40 Å². The second kappa shape index (κ2) is 3.97. The largest absolute Gasteiger partial charge is 0.399 e. The van der Waals surface area contributed by atoms with E-state index in [-0.39, 0.29) is 11.3 Å². The summed E-state index contributed by atoms with van der Waals surface area (Å²) in [6.45, 7) is 1.39. The van der Waals surface area contributed by atoms with Gasteiger partial charge < -0.3 is 17.2 Å². The van der Waals surface area contributed by atoms with Crippen LogP contribution < -0.4 is 17.2 Å². The molecule has 0 unspecified atom stereocenters. The van der Waals surface area contributed by atoms with Crippen LogP contribution in [0.25, 0.3) is 0 Å². The molecule has 0 aliphatic rings. The lowest BCUT2D eigenvalue weighted by Gasteiger charge is -2.05. The minimum absolute atomic E-state index is 0.101. The Kier molecular flexibility index (Phi) is 3.04. The van der Waals surface area contributed by atoms with E-state index in [1.165, 1.54) is 13.0 Å². The zero-order chi connectivity index (χ0) is 12.5. The zero-order valence-electron chi connectivity index (χ0n) is 8.44. The number of benzene rings is 1. The van der Waals surface area contributed by atoms with Crippen molar-refractivity contribution < 1.29 is 12.8 Å². The van der Waals surface area contributed by atoms with E-state index in [1.807, 2.05) is 0 Å². The van der Waals surface area contributed by atoms with Crippen LogP contribution in [0.4, 0.5) is 10.1 Å². The van der Waals surface area contributed by atoms with Gasteiger partial charge in [0.25, 0.3) is 10.0 Å². The maximum Gasteiger partial charge on any atom is 0.288 e. The molecule has 1 aromatic rings. The van der Waals surface area contributed by atoms with Gasteiger partial charge in [0.1, 0.15) is 10.7 Å². The molecule has 0 radical (unpaired) electrons. The van der Waals surface area contributed by atoms with Crippen molar-refractivity contribution in [3.05, 3.63) is 23.5 Å². The maximum atomic E-state index is 13.5. The van der Waals surface area contributed by atoms with Gasteiger partial charge in [-0.2, -0.15) is 8.42 Å². The van der Waals surface area contributed by atoms with Gasteiger partial charge in [-0.05, 0) is 24.6 Å². The highest BCUT2D eigenvalue weighted by molar-refractivity contribution is 7.90. The van der Waals surface area contributed by atoms with Crippen molar-refractivity contribution in [3.63, 3.8) is 0 Å². The summed E-state index contributed by atoms with van der Waals surface area (Å²) in [6.07, 6.45) is 0. The quantitative estimate of drug-likeness (QED) is 0.374. The molecule has 8 heteroatoms. The lowest BCUT2D eigenvalue weighted by molar-refractivity contribution is 0.563. The summed E-state index contributed by atoms with van der Waals surface area (Å²) >= 11 is 0. The molecule has 16 heavy (non-hydrogen) atoms. The van der Waals surface area contributed by atoms with Gasteiger partial charge in [0.15, 0.2) is 0 Å². The van der Waals surface area contributed by atoms with Gasteiger partial charge in [0.2, 0.25) is 5.96 Å². The van der Waals surface area contributed by atoms with Crippen molar-refractivity contribution in [2.24, 2.45) is 15.9 Å². The molecule has 0 aliphatic carbocycles. The number of hydrogen-bond donors (Lipinski definition) is 3. The van der Waals surface area contributed by atoms with Crippen molar-refractivity contribution in [2.45, 2.75) is 11.8 Å². The summed E-state index contributed by atoms with van der Waals surface area (Å²) in [5.41, 5.74) is 15.5. The van der Waals surface area contributed by atoms with Crippen molar-refractivity contribution in [2.75, 3.05) is 5.73 Å². The van der Waals surface area contributed by atoms with E-state index in [4.69, 9.17) is 17.2 Å². The maximum absolute atomic E-state index is 13.5. The fourth-order valence-electron chi connectivity index (χ4n) is 1.14. The van der Waals surface area contributed by atoms with Gasteiger partial charge in [0, 0.05) is 5.69 Å². The van der Waals surface area contributed by atoms with Gasteiger partial charge in [-0.3, -0.25) is 0 Å². The van der Waals surface area contributed by atoms with Gasteiger partial charge in [-0.25, -0.2) is 4.39 Å². The fourth-order valence-corrected chi connectivity index (χ4v) is 2.19. The number of aryl methyl sites for hydroxylation is 1. The normalized spacial score (nSPS) is 11.1. The SMILES string of the molecule is Cc1cc(N)cc(S(=O)(=O)N=C(N)N)c1F. The molecular formula is C8H11FN4O2S. The molecule has 0 bridgehead atoms. The average Bonchev–Trinajstić information content (AvgIpc) is 2.08. The minimum Gasteiger partial charge on any atom is -0.399 e. The van der Waals surface area contributed by atoms with Crippen molar-refractivity contribution in [1.82, 2.24) is 0 Å². The lowest BCUT2D eigenvalue weighted by atomic mass is 10.2. The van der Waals surface area contributed by atoms with Crippen LogP contribution in [-0.4, -0.2) is 14.4 Å². The predicted molar refractivity (Wildman–Crippen MR) is 58.5 cm³/mol. The molecule has 6 N–H and O–H groups in total. The molecule has 88 valence electrons. The molecule has 0 spiro atoms.